The number of anilines is 1. The van der Waals surface area contributed by atoms with E-state index in [4.69, 9.17) is 0 Å². The molecule has 1 amide bonds. The van der Waals surface area contributed by atoms with Gasteiger partial charge in [0.15, 0.2) is 0 Å². The molecule has 0 saturated carbocycles. The fourth-order valence-corrected chi connectivity index (χ4v) is 6.23. The number of hydrogen-bond acceptors (Lipinski definition) is 5. The summed E-state index contributed by atoms with van der Waals surface area (Å²) < 4.78 is 28.2. The summed E-state index contributed by atoms with van der Waals surface area (Å²) in [6, 6.07) is 3.40. The third-order valence-electron chi connectivity index (χ3n) is 5.91. The summed E-state index contributed by atoms with van der Waals surface area (Å²) in [5.74, 6) is 0.397. The number of carbonyl (C=O) groups is 1. The van der Waals surface area contributed by atoms with Crippen LogP contribution in [0.25, 0.3) is 0 Å². The second kappa shape index (κ2) is 6.28. The van der Waals surface area contributed by atoms with Crippen LogP contribution in [0, 0.1) is 0 Å². The van der Waals surface area contributed by atoms with Crippen molar-refractivity contribution in [3.8, 4) is 0 Å². The van der Waals surface area contributed by atoms with E-state index in [1.54, 1.807) is 17.0 Å². The number of H-pyrrole nitrogens is 2. The van der Waals surface area contributed by atoms with E-state index >= 15 is 0 Å². The molecule has 0 bridgehead atoms. The second-order valence-electron chi connectivity index (χ2n) is 7.68. The highest BCUT2D eigenvalue weighted by Crippen LogP contribution is 2.39. The van der Waals surface area contributed by atoms with Gasteiger partial charge in [-0.1, -0.05) is 0 Å². The molecule has 5 rings (SSSR count). The van der Waals surface area contributed by atoms with Crippen molar-refractivity contribution in [1.29, 1.82) is 0 Å². The molecule has 1 aromatic heterocycles. The first-order valence-electron chi connectivity index (χ1n) is 9.54. The number of nitrogens with zero attached hydrogens (tertiary/aromatic N) is 3. The van der Waals surface area contributed by atoms with Gasteiger partial charge in [0.05, 0.1) is 17.0 Å². The van der Waals surface area contributed by atoms with E-state index < -0.39 is 10.0 Å². The largest absolute Gasteiger partial charge is 0.340 e. The Morgan fingerprint density at radius 2 is 1.93 bits per heavy atom. The molecule has 1 atom stereocenters. The minimum Gasteiger partial charge on any atom is -0.312 e. The highest BCUT2D eigenvalue weighted by molar-refractivity contribution is 7.89. The Kier molecular flexibility index (Phi) is 3.95. The standard InChI is InChI=1S/C18H21N5O4S/c24-15-9-13-8-14(7-11-3-2-6-23(15)16(11)13)28(26,27)22-5-1-4-12(10-22)17-19-18(25)21-20-17/h7-8,12H,1-6,9-10H2,(H2,19,20,21,25). The predicted octanol–water partition coefficient (Wildman–Crippen LogP) is 0.502. The van der Waals surface area contributed by atoms with Crippen molar-refractivity contribution in [2.75, 3.05) is 24.5 Å². The Bertz CT molecular complexity index is 1120. The van der Waals surface area contributed by atoms with Crippen LogP contribution in [0.2, 0.25) is 0 Å². The molecule has 3 aliphatic rings. The molecule has 9 nitrogen and oxygen atoms in total. The van der Waals surface area contributed by atoms with E-state index in [0.29, 0.717) is 25.3 Å². The number of aryl methyl sites for hydroxylation is 1. The molecule has 0 aliphatic carbocycles. The molecule has 0 spiro atoms. The van der Waals surface area contributed by atoms with Gasteiger partial charge in [0.25, 0.3) is 0 Å². The zero-order chi connectivity index (χ0) is 19.5. The van der Waals surface area contributed by atoms with Gasteiger partial charge in [-0.05, 0) is 48.9 Å². The first kappa shape index (κ1) is 17.6. The third kappa shape index (κ3) is 2.70. The van der Waals surface area contributed by atoms with Gasteiger partial charge >= 0.3 is 5.69 Å². The number of aromatic amines is 2. The lowest BCUT2D eigenvalue weighted by Crippen LogP contribution is -2.39. The van der Waals surface area contributed by atoms with Crippen molar-refractivity contribution in [3.63, 3.8) is 0 Å². The molecule has 148 valence electrons. The van der Waals surface area contributed by atoms with Crippen LogP contribution in [0.15, 0.2) is 21.8 Å². The summed E-state index contributed by atoms with van der Waals surface area (Å²) in [5.41, 5.74) is 2.28. The molecular weight excluding hydrogens is 382 g/mol. The smallest absolute Gasteiger partial charge is 0.312 e. The van der Waals surface area contributed by atoms with E-state index in [0.717, 1.165) is 36.1 Å². The maximum atomic E-state index is 13.3. The fourth-order valence-electron chi connectivity index (χ4n) is 4.61. The average molecular weight is 403 g/mol. The molecule has 10 heteroatoms. The first-order valence-corrected chi connectivity index (χ1v) is 11.0. The molecule has 0 radical (unpaired) electrons. The summed E-state index contributed by atoms with van der Waals surface area (Å²) in [6.07, 6.45) is 3.37. The molecule has 2 aromatic rings. The van der Waals surface area contributed by atoms with E-state index in [2.05, 4.69) is 15.2 Å². The molecule has 3 aliphatic heterocycles. The maximum Gasteiger partial charge on any atom is 0.340 e. The van der Waals surface area contributed by atoms with Crippen LogP contribution in [0.5, 0.6) is 0 Å². The number of nitrogens with one attached hydrogen (secondary N) is 2. The van der Waals surface area contributed by atoms with Gasteiger partial charge in [-0.2, -0.15) is 9.40 Å². The fraction of sp³-hybridized carbons (Fsp3) is 0.500. The highest BCUT2D eigenvalue weighted by atomic mass is 32.2. The van der Waals surface area contributed by atoms with E-state index in [9.17, 15) is 18.0 Å². The summed E-state index contributed by atoms with van der Waals surface area (Å²) in [4.78, 5) is 28.3. The van der Waals surface area contributed by atoms with Crippen LogP contribution >= 0.6 is 0 Å². The van der Waals surface area contributed by atoms with Crippen molar-refractivity contribution in [2.24, 2.45) is 0 Å². The number of carbonyl (C=O) groups excluding carboxylic acids is 1. The van der Waals surface area contributed by atoms with Crippen LogP contribution in [-0.2, 0) is 27.7 Å². The van der Waals surface area contributed by atoms with E-state index in [1.165, 1.54) is 4.31 Å². The van der Waals surface area contributed by atoms with Gasteiger partial charge in [-0.25, -0.2) is 18.3 Å². The number of benzene rings is 1. The van der Waals surface area contributed by atoms with Crippen LogP contribution < -0.4 is 10.6 Å². The van der Waals surface area contributed by atoms with Gasteiger partial charge < -0.3 is 4.90 Å². The molecule has 1 saturated heterocycles. The predicted molar refractivity (Wildman–Crippen MR) is 101 cm³/mol. The Labute approximate surface area is 161 Å². The molecule has 1 fully saturated rings. The number of aromatic nitrogens is 3. The van der Waals surface area contributed by atoms with Crippen LogP contribution in [0.1, 0.15) is 42.1 Å². The van der Waals surface area contributed by atoms with Gasteiger partial charge in [-0.3, -0.25) is 9.78 Å². The van der Waals surface area contributed by atoms with Crippen LogP contribution in [0.4, 0.5) is 5.69 Å². The number of amides is 1. The molecule has 28 heavy (non-hydrogen) atoms. The number of piperidine rings is 1. The van der Waals surface area contributed by atoms with Gasteiger partial charge in [0.1, 0.15) is 5.82 Å². The summed E-state index contributed by atoms with van der Waals surface area (Å²) in [6.45, 7) is 1.42. The topological polar surface area (TPSA) is 119 Å². The quantitative estimate of drug-likeness (QED) is 0.774. The zero-order valence-corrected chi connectivity index (χ0v) is 16.1. The lowest BCUT2D eigenvalue weighted by atomic mass is 9.99. The van der Waals surface area contributed by atoms with Crippen molar-refractivity contribution < 1.29 is 13.2 Å². The van der Waals surface area contributed by atoms with Gasteiger partial charge in [0, 0.05) is 25.6 Å². The second-order valence-corrected chi connectivity index (χ2v) is 9.62. The van der Waals surface area contributed by atoms with Crippen LogP contribution in [0.3, 0.4) is 0 Å². The summed E-state index contributed by atoms with van der Waals surface area (Å²) in [7, 11) is -3.69. The Morgan fingerprint density at radius 3 is 2.71 bits per heavy atom. The lowest BCUT2D eigenvalue weighted by molar-refractivity contribution is -0.117. The lowest BCUT2D eigenvalue weighted by Gasteiger charge is -2.31. The van der Waals surface area contributed by atoms with Crippen molar-refractivity contribution in [3.05, 3.63) is 39.6 Å². The molecule has 1 aromatic carbocycles. The Morgan fingerprint density at radius 1 is 1.11 bits per heavy atom. The monoisotopic (exact) mass is 403 g/mol. The number of sulfonamides is 1. The highest BCUT2D eigenvalue weighted by Gasteiger charge is 2.36. The first-order chi connectivity index (χ1) is 13.4. The Balaban J connectivity index is 1.48. The van der Waals surface area contributed by atoms with Crippen molar-refractivity contribution >= 4 is 21.6 Å². The third-order valence-corrected chi connectivity index (χ3v) is 7.75. The van der Waals surface area contributed by atoms with Gasteiger partial charge in [0.2, 0.25) is 15.9 Å². The minimum atomic E-state index is -3.69. The molecule has 2 N–H and O–H groups in total. The normalized spacial score (nSPS) is 22.5. The Hall–Kier alpha value is -2.46. The van der Waals surface area contributed by atoms with Gasteiger partial charge in [-0.15, -0.1) is 0 Å². The molecule has 1 unspecified atom stereocenters. The zero-order valence-electron chi connectivity index (χ0n) is 15.3. The average Bonchev–Trinajstić information content (AvgIpc) is 3.27. The van der Waals surface area contributed by atoms with Crippen molar-refractivity contribution in [1.82, 2.24) is 19.5 Å². The van der Waals surface area contributed by atoms with Crippen molar-refractivity contribution in [2.45, 2.75) is 42.9 Å². The summed E-state index contributed by atoms with van der Waals surface area (Å²) >= 11 is 0. The maximum absolute atomic E-state index is 13.3. The van der Waals surface area contributed by atoms with Crippen LogP contribution in [-0.4, -0.2) is 53.4 Å². The van der Waals surface area contributed by atoms with E-state index in [-0.39, 0.29) is 35.4 Å². The molecular formula is C18H21N5O4S. The summed E-state index contributed by atoms with van der Waals surface area (Å²) in [5, 5.41) is 6.31. The SMILES string of the molecule is O=C1Cc2cc(S(=O)(=O)N3CCCC(c4n[nH]c(=O)[nH]4)C3)cc3c2N1CCC3. The minimum absolute atomic E-state index is 0.0472. The molecule has 4 heterocycles. The number of rotatable bonds is 3. The van der Waals surface area contributed by atoms with E-state index in [1.807, 2.05) is 0 Å². The number of hydrogen-bond donors (Lipinski definition) is 2.